The van der Waals surface area contributed by atoms with Crippen LogP contribution in [0.5, 0.6) is 0 Å². The third-order valence-corrected chi connectivity index (χ3v) is 4.87. The summed E-state index contributed by atoms with van der Waals surface area (Å²) in [5.74, 6) is 1.94. The Morgan fingerprint density at radius 2 is 2.27 bits per heavy atom. The van der Waals surface area contributed by atoms with E-state index < -0.39 is 0 Å². The summed E-state index contributed by atoms with van der Waals surface area (Å²) < 4.78 is 7.36. The molecule has 2 aliphatic heterocycles. The highest BCUT2D eigenvalue weighted by molar-refractivity contribution is 6.21. The van der Waals surface area contributed by atoms with E-state index in [9.17, 15) is 0 Å². The van der Waals surface area contributed by atoms with E-state index in [4.69, 9.17) is 20.5 Å². The van der Waals surface area contributed by atoms with Crippen LogP contribution < -0.4 is 9.80 Å². The van der Waals surface area contributed by atoms with Gasteiger partial charge in [-0.2, -0.15) is 4.98 Å². The van der Waals surface area contributed by atoms with Crippen LogP contribution in [0.2, 0.25) is 0 Å². The number of nitrogens with zero attached hydrogens (tertiary/aromatic N) is 6. The molecule has 0 spiro atoms. The number of fused-ring (bicyclic) bond motifs is 1. The molecule has 2 aromatic heterocycles. The molecule has 0 aliphatic carbocycles. The third kappa shape index (κ3) is 2.55. The van der Waals surface area contributed by atoms with Crippen LogP contribution in [0.25, 0.3) is 5.95 Å². The highest BCUT2D eigenvalue weighted by Crippen LogP contribution is 2.38. The second kappa shape index (κ2) is 6.49. The number of hydrogen-bond acceptors (Lipinski definition) is 7. The molecule has 2 unspecified atom stereocenters. The summed E-state index contributed by atoms with van der Waals surface area (Å²) >= 11 is 0. The van der Waals surface area contributed by atoms with E-state index >= 15 is 0 Å². The number of aromatic nitrogens is 4. The summed E-state index contributed by atoms with van der Waals surface area (Å²) in [7, 11) is 0. The molecule has 0 amide bonds. The standard InChI is InChI=1S/C17H22N8O/c1-3-13-15(19)24(11(2)18)14-8-21-17(23-6-5-20-10-23)22-16(14)25(13)12-4-7-26-9-12/h5-6,8,10,12-13,18-19H,3-4,7,9H2,1-2H3. The van der Waals surface area contributed by atoms with Crippen LogP contribution in [-0.4, -0.2) is 56.5 Å². The molecule has 2 N–H and O–H groups in total. The van der Waals surface area contributed by atoms with E-state index in [0.29, 0.717) is 30.7 Å². The van der Waals surface area contributed by atoms with Crippen molar-refractivity contribution >= 4 is 23.2 Å². The summed E-state index contributed by atoms with van der Waals surface area (Å²) in [6, 6.07) is 0.0119. The van der Waals surface area contributed by atoms with Crippen LogP contribution in [0, 0.1) is 10.8 Å². The summed E-state index contributed by atoms with van der Waals surface area (Å²) in [5, 5.41) is 16.8. The summed E-state index contributed by atoms with van der Waals surface area (Å²) in [5.41, 5.74) is 0.669. The smallest absolute Gasteiger partial charge is 0.236 e. The monoisotopic (exact) mass is 354 g/mol. The predicted molar refractivity (Wildman–Crippen MR) is 98.5 cm³/mol. The van der Waals surface area contributed by atoms with Gasteiger partial charge in [-0.1, -0.05) is 6.92 Å². The van der Waals surface area contributed by atoms with Gasteiger partial charge in [0.15, 0.2) is 5.82 Å². The molecular weight excluding hydrogens is 332 g/mol. The Morgan fingerprint density at radius 1 is 1.42 bits per heavy atom. The van der Waals surface area contributed by atoms with E-state index in [2.05, 4.69) is 21.8 Å². The molecular formula is C17H22N8O. The molecule has 2 aromatic rings. The Bertz CT molecular complexity index is 827. The number of imidazole rings is 1. The molecule has 0 saturated carbocycles. The SMILES string of the molecule is CCC1C(=N)N(C(C)=N)c2cnc(-n3ccnc3)nc2N1C1CCOC1. The quantitative estimate of drug-likeness (QED) is 0.643. The molecule has 9 nitrogen and oxygen atoms in total. The molecule has 1 saturated heterocycles. The minimum atomic E-state index is -0.153. The number of amidine groups is 2. The van der Waals surface area contributed by atoms with Gasteiger partial charge >= 0.3 is 0 Å². The lowest BCUT2D eigenvalue weighted by molar-refractivity contribution is 0.192. The van der Waals surface area contributed by atoms with Gasteiger partial charge in [0.25, 0.3) is 0 Å². The molecule has 2 atom stereocenters. The van der Waals surface area contributed by atoms with Crippen LogP contribution >= 0.6 is 0 Å². The number of hydrogen-bond donors (Lipinski definition) is 2. The number of ether oxygens (including phenoxy) is 1. The van der Waals surface area contributed by atoms with Crippen molar-refractivity contribution in [2.45, 2.75) is 38.8 Å². The van der Waals surface area contributed by atoms with Crippen LogP contribution in [0.15, 0.2) is 24.9 Å². The Balaban J connectivity index is 1.89. The summed E-state index contributed by atoms with van der Waals surface area (Å²) in [6.07, 6.45) is 8.49. The first-order valence-corrected chi connectivity index (χ1v) is 8.77. The normalized spacial score (nSPS) is 22.6. The number of rotatable bonds is 3. The molecule has 136 valence electrons. The maximum atomic E-state index is 8.68. The molecule has 4 heterocycles. The lowest BCUT2D eigenvalue weighted by Gasteiger charge is -2.45. The maximum absolute atomic E-state index is 8.68. The van der Waals surface area contributed by atoms with Crippen molar-refractivity contribution in [2.75, 3.05) is 23.0 Å². The summed E-state index contributed by atoms with van der Waals surface area (Å²) in [6.45, 7) is 5.08. The zero-order chi connectivity index (χ0) is 18.3. The minimum absolute atomic E-state index is 0.153. The van der Waals surface area contributed by atoms with Gasteiger partial charge in [0, 0.05) is 19.0 Å². The average molecular weight is 354 g/mol. The highest BCUT2D eigenvalue weighted by Gasteiger charge is 2.41. The predicted octanol–water partition coefficient (Wildman–Crippen LogP) is 1.83. The zero-order valence-corrected chi connectivity index (χ0v) is 14.9. The topological polar surface area (TPSA) is 107 Å². The first kappa shape index (κ1) is 16.6. The van der Waals surface area contributed by atoms with Gasteiger partial charge in [-0.05, 0) is 19.8 Å². The van der Waals surface area contributed by atoms with Crippen LogP contribution in [-0.2, 0) is 4.74 Å². The Hall–Kier alpha value is -2.81. The molecule has 4 rings (SSSR count). The van der Waals surface area contributed by atoms with Gasteiger partial charge < -0.3 is 9.64 Å². The molecule has 1 fully saturated rings. The van der Waals surface area contributed by atoms with Gasteiger partial charge in [-0.3, -0.25) is 20.3 Å². The van der Waals surface area contributed by atoms with Crippen LogP contribution in [0.3, 0.4) is 0 Å². The van der Waals surface area contributed by atoms with Gasteiger partial charge in [-0.15, -0.1) is 0 Å². The Kier molecular flexibility index (Phi) is 4.15. The van der Waals surface area contributed by atoms with E-state index in [1.54, 1.807) is 41.3 Å². The van der Waals surface area contributed by atoms with E-state index in [0.717, 1.165) is 18.7 Å². The molecule has 9 heteroatoms. The number of anilines is 2. The third-order valence-electron chi connectivity index (χ3n) is 4.87. The molecule has 26 heavy (non-hydrogen) atoms. The van der Waals surface area contributed by atoms with Crippen molar-refractivity contribution in [1.29, 1.82) is 10.8 Å². The minimum Gasteiger partial charge on any atom is -0.379 e. The maximum Gasteiger partial charge on any atom is 0.236 e. The molecule has 0 radical (unpaired) electrons. The van der Waals surface area contributed by atoms with Crippen molar-refractivity contribution in [2.24, 2.45) is 0 Å². The molecule has 0 bridgehead atoms. The Labute approximate surface area is 151 Å². The van der Waals surface area contributed by atoms with Gasteiger partial charge in [0.2, 0.25) is 5.95 Å². The fraction of sp³-hybridized carbons (Fsp3) is 0.471. The first-order chi connectivity index (χ1) is 12.6. The fourth-order valence-electron chi connectivity index (χ4n) is 3.69. The summed E-state index contributed by atoms with van der Waals surface area (Å²) in [4.78, 5) is 17.1. The molecule has 2 aliphatic rings. The van der Waals surface area contributed by atoms with Crippen LogP contribution in [0.4, 0.5) is 11.5 Å². The first-order valence-electron chi connectivity index (χ1n) is 8.77. The second-order valence-corrected chi connectivity index (χ2v) is 6.50. The Morgan fingerprint density at radius 3 is 2.88 bits per heavy atom. The van der Waals surface area contributed by atoms with Crippen molar-refractivity contribution in [3.05, 3.63) is 24.9 Å². The van der Waals surface area contributed by atoms with Crippen molar-refractivity contribution < 1.29 is 4.74 Å². The largest absolute Gasteiger partial charge is 0.379 e. The second-order valence-electron chi connectivity index (χ2n) is 6.50. The van der Waals surface area contributed by atoms with Crippen molar-refractivity contribution in [3.63, 3.8) is 0 Å². The van der Waals surface area contributed by atoms with Crippen LogP contribution in [0.1, 0.15) is 26.7 Å². The fourth-order valence-corrected chi connectivity index (χ4v) is 3.69. The van der Waals surface area contributed by atoms with E-state index in [-0.39, 0.29) is 17.9 Å². The van der Waals surface area contributed by atoms with Gasteiger partial charge in [-0.25, -0.2) is 9.97 Å². The van der Waals surface area contributed by atoms with Gasteiger partial charge in [0.05, 0.1) is 24.9 Å². The average Bonchev–Trinajstić information content (AvgIpc) is 3.33. The highest BCUT2D eigenvalue weighted by atomic mass is 16.5. The van der Waals surface area contributed by atoms with Gasteiger partial charge in [0.1, 0.15) is 23.7 Å². The lowest BCUT2D eigenvalue weighted by Crippen LogP contribution is -2.58. The van der Waals surface area contributed by atoms with Crippen molar-refractivity contribution in [3.8, 4) is 5.95 Å². The molecule has 0 aromatic carbocycles. The lowest BCUT2D eigenvalue weighted by atomic mass is 10.0. The van der Waals surface area contributed by atoms with E-state index in [1.807, 2.05) is 0 Å². The van der Waals surface area contributed by atoms with E-state index in [1.165, 1.54) is 0 Å². The zero-order valence-electron chi connectivity index (χ0n) is 14.9. The van der Waals surface area contributed by atoms with Crippen molar-refractivity contribution in [1.82, 2.24) is 19.5 Å². The number of nitrogens with one attached hydrogen (secondary N) is 2.